The van der Waals surface area contributed by atoms with Gasteiger partial charge in [0.05, 0.1) is 4.47 Å². The zero-order chi connectivity index (χ0) is 13.1. The van der Waals surface area contributed by atoms with Crippen molar-refractivity contribution in [3.63, 3.8) is 0 Å². The number of rotatable bonds is 5. The van der Waals surface area contributed by atoms with E-state index in [9.17, 15) is 9.18 Å². The normalized spacial score (nSPS) is 16.4. The summed E-state index contributed by atoms with van der Waals surface area (Å²) < 4.78 is 13.7. The van der Waals surface area contributed by atoms with Gasteiger partial charge >= 0.3 is 0 Å². The minimum Gasteiger partial charge on any atom is -0.349 e. The van der Waals surface area contributed by atoms with Crippen LogP contribution in [0.4, 0.5) is 4.39 Å². The summed E-state index contributed by atoms with van der Waals surface area (Å²) >= 11 is 3.08. The van der Waals surface area contributed by atoms with E-state index in [1.54, 1.807) is 12.1 Å². The molecular formula is C14H17BrFNO. The molecule has 0 bridgehead atoms. The van der Waals surface area contributed by atoms with E-state index in [1.807, 2.05) is 0 Å². The van der Waals surface area contributed by atoms with Gasteiger partial charge in [0.25, 0.3) is 5.91 Å². The third-order valence-electron chi connectivity index (χ3n) is 3.32. The largest absolute Gasteiger partial charge is 0.349 e. The maximum absolute atomic E-state index is 13.4. The Morgan fingerprint density at radius 1 is 1.56 bits per heavy atom. The summed E-state index contributed by atoms with van der Waals surface area (Å²) in [5, 5.41) is 2.98. The van der Waals surface area contributed by atoms with Crippen molar-refractivity contribution in [2.24, 2.45) is 5.92 Å². The Balaban J connectivity index is 1.98. The van der Waals surface area contributed by atoms with Crippen molar-refractivity contribution in [2.45, 2.75) is 38.6 Å². The van der Waals surface area contributed by atoms with Crippen LogP contribution in [0.2, 0.25) is 0 Å². The fraction of sp³-hybridized carbons (Fsp3) is 0.500. The number of hydrogen-bond donors (Lipinski definition) is 1. The van der Waals surface area contributed by atoms with Crippen molar-refractivity contribution in [3.8, 4) is 0 Å². The van der Waals surface area contributed by atoms with Crippen LogP contribution in [0.5, 0.6) is 0 Å². The number of nitrogens with one attached hydrogen (secondary N) is 1. The van der Waals surface area contributed by atoms with Crippen LogP contribution in [0.15, 0.2) is 22.7 Å². The summed E-state index contributed by atoms with van der Waals surface area (Å²) in [6, 6.07) is 4.67. The van der Waals surface area contributed by atoms with Crippen LogP contribution in [0, 0.1) is 11.7 Å². The minimum atomic E-state index is -0.405. The molecule has 1 atom stereocenters. The van der Waals surface area contributed by atoms with Crippen LogP contribution in [-0.2, 0) is 0 Å². The Hall–Kier alpha value is -0.900. The van der Waals surface area contributed by atoms with E-state index in [2.05, 4.69) is 28.2 Å². The first-order chi connectivity index (χ1) is 8.60. The molecule has 2 nitrogen and oxygen atoms in total. The van der Waals surface area contributed by atoms with Crippen LogP contribution in [0.25, 0.3) is 0 Å². The van der Waals surface area contributed by atoms with Crippen LogP contribution in [0.3, 0.4) is 0 Å². The van der Waals surface area contributed by atoms with E-state index in [4.69, 9.17) is 0 Å². The zero-order valence-corrected chi connectivity index (χ0v) is 12.0. The molecule has 0 spiro atoms. The lowest BCUT2D eigenvalue weighted by atomic mass is 10.1. The van der Waals surface area contributed by atoms with Crippen molar-refractivity contribution >= 4 is 21.8 Å². The number of halogens is 2. The Bertz CT molecular complexity index is 445. The van der Waals surface area contributed by atoms with Gasteiger partial charge in [-0.3, -0.25) is 4.79 Å². The van der Waals surface area contributed by atoms with Crippen LogP contribution < -0.4 is 5.32 Å². The van der Waals surface area contributed by atoms with Crippen molar-refractivity contribution in [2.75, 3.05) is 0 Å². The molecule has 1 aliphatic carbocycles. The van der Waals surface area contributed by atoms with Gasteiger partial charge < -0.3 is 5.32 Å². The van der Waals surface area contributed by atoms with Crippen LogP contribution in [0.1, 0.15) is 43.0 Å². The molecule has 0 aromatic heterocycles. The van der Waals surface area contributed by atoms with E-state index in [0.717, 1.165) is 18.8 Å². The molecule has 1 N–H and O–H groups in total. The van der Waals surface area contributed by atoms with Gasteiger partial charge in [0.1, 0.15) is 5.82 Å². The van der Waals surface area contributed by atoms with Gasteiger partial charge in [0.15, 0.2) is 0 Å². The number of hydrogen-bond acceptors (Lipinski definition) is 1. The number of carbonyl (C=O) groups is 1. The first kappa shape index (κ1) is 13.5. The van der Waals surface area contributed by atoms with Crippen LogP contribution >= 0.6 is 15.9 Å². The van der Waals surface area contributed by atoms with Crippen molar-refractivity contribution in [3.05, 3.63) is 34.1 Å². The van der Waals surface area contributed by atoms with E-state index >= 15 is 0 Å². The highest BCUT2D eigenvalue weighted by Crippen LogP contribution is 2.34. The van der Waals surface area contributed by atoms with Gasteiger partial charge in [-0.2, -0.15) is 0 Å². The predicted octanol–water partition coefficient (Wildman–Crippen LogP) is 3.90. The number of carbonyl (C=O) groups excluding carboxylic acids is 1. The van der Waals surface area contributed by atoms with Gasteiger partial charge in [-0.05, 0) is 52.9 Å². The molecular weight excluding hydrogens is 297 g/mol. The molecule has 18 heavy (non-hydrogen) atoms. The Labute approximate surface area is 115 Å². The van der Waals surface area contributed by atoms with E-state index in [1.165, 1.54) is 18.9 Å². The van der Waals surface area contributed by atoms with E-state index < -0.39 is 5.82 Å². The minimum absolute atomic E-state index is 0.186. The zero-order valence-electron chi connectivity index (χ0n) is 10.4. The molecule has 1 aliphatic rings. The summed E-state index contributed by atoms with van der Waals surface area (Å²) in [5.74, 6) is 0.184. The summed E-state index contributed by atoms with van der Waals surface area (Å²) in [7, 11) is 0. The molecule has 0 aliphatic heterocycles. The monoisotopic (exact) mass is 313 g/mol. The van der Waals surface area contributed by atoms with E-state index in [0.29, 0.717) is 10.0 Å². The Morgan fingerprint density at radius 3 is 2.83 bits per heavy atom. The van der Waals surface area contributed by atoms with Gasteiger partial charge in [-0.15, -0.1) is 0 Å². The van der Waals surface area contributed by atoms with Crippen molar-refractivity contribution in [1.82, 2.24) is 5.32 Å². The Morgan fingerprint density at radius 2 is 2.28 bits per heavy atom. The quantitative estimate of drug-likeness (QED) is 0.877. The third-order valence-corrected chi connectivity index (χ3v) is 3.97. The molecule has 0 heterocycles. The molecule has 0 radical (unpaired) electrons. The second kappa shape index (κ2) is 5.83. The lowest BCUT2D eigenvalue weighted by Gasteiger charge is -2.16. The standard InChI is InChI=1S/C14H17BrFNO/c1-2-11(7-9-3-4-9)17-14(18)10-5-6-12(15)13(16)8-10/h5-6,8-9,11H,2-4,7H2,1H3,(H,17,18). The van der Waals surface area contributed by atoms with Gasteiger partial charge in [0.2, 0.25) is 0 Å². The lowest BCUT2D eigenvalue weighted by Crippen LogP contribution is -2.34. The second-order valence-electron chi connectivity index (χ2n) is 4.89. The molecule has 0 saturated heterocycles. The van der Waals surface area contributed by atoms with Gasteiger partial charge in [-0.1, -0.05) is 19.8 Å². The highest BCUT2D eigenvalue weighted by atomic mass is 79.9. The van der Waals surface area contributed by atoms with Gasteiger partial charge in [0, 0.05) is 11.6 Å². The molecule has 98 valence electrons. The molecule has 4 heteroatoms. The molecule has 1 unspecified atom stereocenters. The number of amides is 1. The van der Waals surface area contributed by atoms with Crippen molar-refractivity contribution < 1.29 is 9.18 Å². The Kier molecular flexibility index (Phi) is 4.38. The first-order valence-electron chi connectivity index (χ1n) is 6.36. The smallest absolute Gasteiger partial charge is 0.251 e. The highest BCUT2D eigenvalue weighted by molar-refractivity contribution is 9.10. The topological polar surface area (TPSA) is 29.1 Å². The first-order valence-corrected chi connectivity index (χ1v) is 7.15. The molecule has 1 aromatic carbocycles. The SMILES string of the molecule is CCC(CC1CC1)NC(=O)c1ccc(Br)c(F)c1. The predicted molar refractivity (Wildman–Crippen MR) is 73.0 cm³/mol. The van der Waals surface area contributed by atoms with Crippen LogP contribution in [-0.4, -0.2) is 11.9 Å². The van der Waals surface area contributed by atoms with Gasteiger partial charge in [-0.25, -0.2) is 4.39 Å². The molecule has 1 aromatic rings. The summed E-state index contributed by atoms with van der Waals surface area (Å²) in [6.07, 6.45) is 4.51. The molecule has 2 rings (SSSR count). The fourth-order valence-corrected chi connectivity index (χ4v) is 2.24. The molecule has 1 saturated carbocycles. The lowest BCUT2D eigenvalue weighted by molar-refractivity contribution is 0.0932. The number of benzene rings is 1. The molecule has 1 fully saturated rings. The van der Waals surface area contributed by atoms with E-state index in [-0.39, 0.29) is 11.9 Å². The molecule has 1 amide bonds. The summed E-state index contributed by atoms with van der Waals surface area (Å²) in [6.45, 7) is 2.06. The maximum Gasteiger partial charge on any atom is 0.251 e. The average Bonchev–Trinajstić information content (AvgIpc) is 3.15. The van der Waals surface area contributed by atoms with Crippen molar-refractivity contribution in [1.29, 1.82) is 0 Å². The highest BCUT2D eigenvalue weighted by Gasteiger charge is 2.25. The summed E-state index contributed by atoms with van der Waals surface area (Å²) in [5.41, 5.74) is 0.380. The fourth-order valence-electron chi connectivity index (χ4n) is 1.99. The summed E-state index contributed by atoms with van der Waals surface area (Å²) in [4.78, 5) is 12.0. The maximum atomic E-state index is 13.4. The second-order valence-corrected chi connectivity index (χ2v) is 5.74. The third kappa shape index (κ3) is 3.55. The average molecular weight is 314 g/mol.